The topological polar surface area (TPSA) is 82.2 Å². The highest BCUT2D eigenvalue weighted by molar-refractivity contribution is 8.00. The number of carbonyl (C=O) groups excluding carboxylic acids is 1. The number of nitrogens with zero attached hydrogens (tertiary/aromatic N) is 3. The van der Waals surface area contributed by atoms with Crippen LogP contribution in [0.2, 0.25) is 5.15 Å². The predicted octanol–water partition coefficient (Wildman–Crippen LogP) is 7.43. The number of ether oxygens (including phenoxy) is 1. The molecule has 2 heterocycles. The molecule has 0 aliphatic heterocycles. The van der Waals surface area contributed by atoms with Gasteiger partial charge in [-0.1, -0.05) is 89.6 Å². The molecule has 0 radical (unpaired) electrons. The molecular weight excluding hydrogens is 520 g/mol. The van der Waals surface area contributed by atoms with Crippen LogP contribution in [0.3, 0.4) is 0 Å². The van der Waals surface area contributed by atoms with Gasteiger partial charge in [-0.05, 0) is 48.6 Å². The number of rotatable bonds is 8. The van der Waals surface area contributed by atoms with Crippen LogP contribution in [-0.4, -0.2) is 27.8 Å². The fraction of sp³-hybridized carbons (Fsp3) is 0.138. The van der Waals surface area contributed by atoms with E-state index in [9.17, 15) is 4.79 Å². The fourth-order valence-electron chi connectivity index (χ4n) is 4.05. The molecule has 0 atom stereocenters. The van der Waals surface area contributed by atoms with Gasteiger partial charge in [0.25, 0.3) is 0 Å². The van der Waals surface area contributed by atoms with Crippen molar-refractivity contribution in [2.24, 2.45) is 0 Å². The first-order valence-corrected chi connectivity index (χ1v) is 13.1. The number of benzene rings is 3. The van der Waals surface area contributed by atoms with Gasteiger partial charge in [-0.15, -0.1) is 0 Å². The van der Waals surface area contributed by atoms with E-state index in [1.807, 2.05) is 68.4 Å². The fourth-order valence-corrected chi connectivity index (χ4v) is 5.15. The molecule has 5 rings (SSSR count). The smallest absolute Gasteiger partial charge is 0.357 e. The second-order valence-corrected chi connectivity index (χ2v) is 9.84. The van der Waals surface area contributed by atoms with Gasteiger partial charge in [0.15, 0.2) is 10.8 Å². The van der Waals surface area contributed by atoms with E-state index >= 15 is 0 Å². The first-order valence-electron chi connectivity index (χ1n) is 11.9. The van der Waals surface area contributed by atoms with Gasteiger partial charge in [0.05, 0.1) is 12.8 Å². The first kappa shape index (κ1) is 25.6. The largest absolute Gasteiger partial charge is 0.464 e. The van der Waals surface area contributed by atoms with E-state index in [4.69, 9.17) is 20.9 Å². The van der Waals surface area contributed by atoms with Gasteiger partial charge in [0.2, 0.25) is 5.88 Å². The summed E-state index contributed by atoms with van der Waals surface area (Å²) in [6.07, 6.45) is 0. The molecule has 0 bridgehead atoms. The van der Waals surface area contributed by atoms with Crippen LogP contribution in [0.25, 0.3) is 22.5 Å². The lowest BCUT2D eigenvalue weighted by Crippen LogP contribution is -2.13. The zero-order valence-corrected chi connectivity index (χ0v) is 22.6. The number of hydrogen-bond donors (Lipinski definition) is 1. The summed E-state index contributed by atoms with van der Waals surface area (Å²) in [5, 5.41) is 4.12. The Bertz CT molecular complexity index is 1580. The maximum Gasteiger partial charge on any atom is 0.357 e. The van der Waals surface area contributed by atoms with E-state index in [1.165, 1.54) is 19.1 Å². The zero-order chi connectivity index (χ0) is 26.6. The molecule has 192 valence electrons. The standard InChI is InChI=1S/C29H25ClN4O3S/c1-18-19(2)32-37-28(18)33-38-24-12-8-7-11-23(24)21-15-13-20(14-16-21)17-34-25(29(35)36-3)26(30)31-27(34)22-9-5-4-6-10-22/h4-16,33H,17H2,1-3H3. The molecule has 0 saturated carbocycles. The average Bonchev–Trinajstić information content (AvgIpc) is 3.45. The summed E-state index contributed by atoms with van der Waals surface area (Å²) in [7, 11) is 1.34. The Balaban J connectivity index is 1.42. The number of imidazole rings is 1. The lowest BCUT2D eigenvalue weighted by Gasteiger charge is -2.13. The van der Waals surface area contributed by atoms with Gasteiger partial charge in [0.1, 0.15) is 5.82 Å². The SMILES string of the molecule is COC(=O)c1c(Cl)nc(-c2ccccc2)n1Cc1ccc(-c2ccccc2SNc2onc(C)c2C)cc1. The van der Waals surface area contributed by atoms with Crippen molar-refractivity contribution in [1.29, 1.82) is 0 Å². The van der Waals surface area contributed by atoms with Crippen LogP contribution in [0.1, 0.15) is 27.3 Å². The van der Waals surface area contributed by atoms with Crippen molar-refractivity contribution in [3.63, 3.8) is 0 Å². The van der Waals surface area contributed by atoms with Gasteiger partial charge in [-0.2, -0.15) is 0 Å². The molecule has 0 aliphatic carbocycles. The number of methoxy groups -OCH3 is 1. The molecule has 0 spiro atoms. The molecule has 3 aromatic carbocycles. The molecule has 2 aromatic heterocycles. The van der Waals surface area contributed by atoms with E-state index in [-0.39, 0.29) is 10.8 Å². The zero-order valence-electron chi connectivity index (χ0n) is 21.1. The van der Waals surface area contributed by atoms with Crippen LogP contribution in [0.5, 0.6) is 0 Å². The molecule has 0 fully saturated rings. The van der Waals surface area contributed by atoms with Crippen LogP contribution in [0, 0.1) is 13.8 Å². The third-order valence-corrected chi connectivity index (χ3v) is 7.37. The number of esters is 1. The van der Waals surface area contributed by atoms with Crippen molar-refractivity contribution in [1.82, 2.24) is 14.7 Å². The van der Waals surface area contributed by atoms with Crippen LogP contribution >= 0.6 is 23.5 Å². The first-order chi connectivity index (χ1) is 18.5. The Hall–Kier alpha value is -4.01. The average molecular weight is 545 g/mol. The van der Waals surface area contributed by atoms with Gasteiger partial charge < -0.3 is 13.8 Å². The predicted molar refractivity (Wildman–Crippen MR) is 150 cm³/mol. The molecule has 0 unspecified atom stereocenters. The van der Waals surface area contributed by atoms with E-state index in [2.05, 4.69) is 39.1 Å². The lowest BCUT2D eigenvalue weighted by molar-refractivity contribution is 0.0589. The molecule has 1 N–H and O–H groups in total. The van der Waals surface area contributed by atoms with E-state index in [0.29, 0.717) is 18.3 Å². The highest BCUT2D eigenvalue weighted by atomic mass is 35.5. The quantitative estimate of drug-likeness (QED) is 0.161. The minimum absolute atomic E-state index is 0.114. The highest BCUT2D eigenvalue weighted by Crippen LogP contribution is 2.34. The van der Waals surface area contributed by atoms with Crippen molar-refractivity contribution in [2.45, 2.75) is 25.3 Å². The number of carbonyl (C=O) groups is 1. The van der Waals surface area contributed by atoms with Crippen molar-refractivity contribution in [3.05, 3.63) is 107 Å². The Labute approximate surface area is 229 Å². The van der Waals surface area contributed by atoms with E-state index in [1.54, 1.807) is 4.57 Å². The van der Waals surface area contributed by atoms with Crippen molar-refractivity contribution in [2.75, 3.05) is 11.8 Å². The Kier molecular flexibility index (Phi) is 7.53. The minimum Gasteiger partial charge on any atom is -0.464 e. The third kappa shape index (κ3) is 5.18. The monoisotopic (exact) mass is 544 g/mol. The van der Waals surface area contributed by atoms with Crippen molar-refractivity contribution in [3.8, 4) is 22.5 Å². The number of aromatic nitrogens is 3. The summed E-state index contributed by atoms with van der Waals surface area (Å²) < 4.78 is 15.4. The van der Waals surface area contributed by atoms with E-state index in [0.717, 1.165) is 38.4 Å². The maximum atomic E-state index is 12.6. The minimum atomic E-state index is -0.531. The summed E-state index contributed by atoms with van der Waals surface area (Å²) in [6, 6.07) is 26.0. The molecule has 7 nitrogen and oxygen atoms in total. The van der Waals surface area contributed by atoms with Gasteiger partial charge >= 0.3 is 5.97 Å². The third-order valence-electron chi connectivity index (χ3n) is 6.24. The van der Waals surface area contributed by atoms with Crippen molar-refractivity contribution >= 4 is 35.4 Å². The molecular formula is C29H25ClN4O3S. The molecule has 0 aliphatic rings. The second kappa shape index (κ2) is 11.2. The van der Waals surface area contributed by atoms with Crippen LogP contribution in [0.15, 0.2) is 88.3 Å². The molecule has 0 amide bonds. The van der Waals surface area contributed by atoms with Crippen molar-refractivity contribution < 1.29 is 14.1 Å². The summed E-state index contributed by atoms with van der Waals surface area (Å²) >= 11 is 7.87. The summed E-state index contributed by atoms with van der Waals surface area (Å²) in [6.45, 7) is 4.29. The number of aryl methyl sites for hydroxylation is 1. The number of hydrogen-bond acceptors (Lipinski definition) is 7. The molecule has 0 saturated heterocycles. The number of anilines is 1. The van der Waals surface area contributed by atoms with E-state index < -0.39 is 5.97 Å². The second-order valence-electron chi connectivity index (χ2n) is 8.64. The van der Waals surface area contributed by atoms with Gasteiger partial charge in [0, 0.05) is 22.6 Å². The van der Waals surface area contributed by atoms with Gasteiger partial charge in [-0.3, -0.25) is 4.72 Å². The van der Waals surface area contributed by atoms with Crippen LogP contribution < -0.4 is 4.72 Å². The Morgan fingerprint density at radius 2 is 1.71 bits per heavy atom. The lowest BCUT2D eigenvalue weighted by atomic mass is 10.0. The Morgan fingerprint density at radius 3 is 2.39 bits per heavy atom. The summed E-state index contributed by atoms with van der Waals surface area (Å²) in [5.41, 5.74) is 6.06. The number of nitrogens with one attached hydrogen (secondary N) is 1. The molecule has 5 aromatic rings. The summed E-state index contributed by atoms with van der Waals surface area (Å²) in [5.74, 6) is 0.718. The molecule has 9 heteroatoms. The van der Waals surface area contributed by atoms with Crippen LogP contribution in [0.4, 0.5) is 5.88 Å². The number of halogens is 1. The maximum absolute atomic E-state index is 12.6. The van der Waals surface area contributed by atoms with Gasteiger partial charge in [-0.25, -0.2) is 9.78 Å². The van der Waals surface area contributed by atoms with Crippen LogP contribution in [-0.2, 0) is 11.3 Å². The Morgan fingerprint density at radius 1 is 1.00 bits per heavy atom. The highest BCUT2D eigenvalue weighted by Gasteiger charge is 2.24. The summed E-state index contributed by atoms with van der Waals surface area (Å²) in [4.78, 5) is 18.1. The normalized spacial score (nSPS) is 10.9. The molecule has 38 heavy (non-hydrogen) atoms.